The maximum Gasteiger partial charge on any atom is 0.264 e. The number of hydrogen-bond acceptors (Lipinski definition) is 7. The number of thioether (sulfide) groups is 1. The fourth-order valence-electron chi connectivity index (χ4n) is 2.82. The number of carbonyl (C=O) groups excluding carboxylic acids is 1. The second kappa shape index (κ2) is 9.50. The summed E-state index contributed by atoms with van der Waals surface area (Å²) >= 11 is 7.04. The third kappa shape index (κ3) is 5.14. The molecule has 0 radical (unpaired) electrons. The summed E-state index contributed by atoms with van der Waals surface area (Å²) in [5, 5.41) is 18.0. The molecule has 4 N–H and O–H groups in total. The van der Waals surface area contributed by atoms with Crippen molar-refractivity contribution in [2.75, 3.05) is 22.3 Å². The number of amides is 1. The molecule has 8 nitrogen and oxygen atoms in total. The number of rotatable bonds is 7. The summed E-state index contributed by atoms with van der Waals surface area (Å²) in [4.78, 5) is 12.4. The molecule has 0 aliphatic heterocycles. The Balaban J connectivity index is 1.34. The first-order valence-corrected chi connectivity index (χ1v) is 10.6. The van der Waals surface area contributed by atoms with Crippen LogP contribution in [0.5, 0.6) is 0 Å². The molecule has 1 heterocycles. The van der Waals surface area contributed by atoms with E-state index < -0.39 is 0 Å². The Labute approximate surface area is 187 Å². The maximum absolute atomic E-state index is 12.4. The van der Waals surface area contributed by atoms with Gasteiger partial charge >= 0.3 is 0 Å². The van der Waals surface area contributed by atoms with Gasteiger partial charge in [-0.2, -0.15) is 5.10 Å². The molecule has 0 atom stereocenters. The number of nitrogens with two attached hydrogens (primary N) is 1. The van der Waals surface area contributed by atoms with Crippen molar-refractivity contribution in [2.24, 2.45) is 5.10 Å². The van der Waals surface area contributed by atoms with E-state index in [1.165, 1.54) is 16.4 Å². The number of hydrazone groups is 1. The highest BCUT2D eigenvalue weighted by molar-refractivity contribution is 7.99. The second-order valence-corrected chi connectivity index (χ2v) is 7.84. The molecule has 156 valence electrons. The van der Waals surface area contributed by atoms with Crippen molar-refractivity contribution >= 4 is 57.9 Å². The highest BCUT2D eigenvalue weighted by Crippen LogP contribution is 2.24. The zero-order chi connectivity index (χ0) is 21.6. The molecule has 1 amide bonds. The van der Waals surface area contributed by atoms with E-state index in [0.29, 0.717) is 10.2 Å². The Morgan fingerprint density at radius 2 is 1.87 bits per heavy atom. The number of halogens is 1. The average molecular weight is 452 g/mol. The maximum atomic E-state index is 12.4. The summed E-state index contributed by atoms with van der Waals surface area (Å²) in [7, 11) is 0. The van der Waals surface area contributed by atoms with Crippen LogP contribution in [0.15, 0.2) is 77.0 Å². The van der Waals surface area contributed by atoms with Crippen LogP contribution in [0.4, 0.5) is 11.6 Å². The lowest BCUT2D eigenvalue weighted by atomic mass is 10.1. The third-order valence-electron chi connectivity index (χ3n) is 4.31. The van der Waals surface area contributed by atoms with Crippen molar-refractivity contribution in [3.05, 3.63) is 77.3 Å². The highest BCUT2D eigenvalue weighted by Gasteiger charge is 2.12. The van der Waals surface area contributed by atoms with Crippen LogP contribution in [-0.2, 0) is 4.79 Å². The molecule has 3 aromatic carbocycles. The summed E-state index contributed by atoms with van der Waals surface area (Å²) in [6.45, 7) is 0. The minimum absolute atomic E-state index is 0.132. The summed E-state index contributed by atoms with van der Waals surface area (Å²) in [6.07, 6.45) is 1.61. The van der Waals surface area contributed by atoms with Gasteiger partial charge in [0, 0.05) is 16.1 Å². The molecule has 10 heteroatoms. The zero-order valence-corrected chi connectivity index (χ0v) is 17.8. The van der Waals surface area contributed by atoms with Gasteiger partial charge in [-0.15, -0.1) is 10.2 Å². The van der Waals surface area contributed by atoms with E-state index in [-0.39, 0.29) is 17.6 Å². The molecular weight excluding hydrogens is 434 g/mol. The lowest BCUT2D eigenvalue weighted by Gasteiger charge is -2.08. The standard InChI is InChI=1S/C21H18ClN7OS/c22-16-10-8-14(9-11-16)12-24-26-20-27-28-21(29(20)23)31-13-19(30)25-18-7-3-5-15-4-1-2-6-17(15)18/h1-12H,13,23H2,(H,25,30)(H,26,27)/b24-12+. The van der Waals surface area contributed by atoms with Crippen molar-refractivity contribution in [1.29, 1.82) is 0 Å². The highest BCUT2D eigenvalue weighted by atomic mass is 35.5. The van der Waals surface area contributed by atoms with Crippen molar-refractivity contribution in [3.8, 4) is 0 Å². The first-order chi connectivity index (χ1) is 15.1. The Hall–Kier alpha value is -3.56. The number of aromatic nitrogens is 3. The van der Waals surface area contributed by atoms with Gasteiger partial charge in [-0.3, -0.25) is 4.79 Å². The molecule has 31 heavy (non-hydrogen) atoms. The van der Waals surface area contributed by atoms with Gasteiger partial charge in [0.05, 0.1) is 12.0 Å². The number of hydrogen-bond donors (Lipinski definition) is 3. The van der Waals surface area contributed by atoms with Crippen LogP contribution in [0, 0.1) is 0 Å². The summed E-state index contributed by atoms with van der Waals surface area (Å²) in [5.41, 5.74) is 4.35. The van der Waals surface area contributed by atoms with Crippen LogP contribution in [0.3, 0.4) is 0 Å². The van der Waals surface area contributed by atoms with Gasteiger partial charge < -0.3 is 11.2 Å². The van der Waals surface area contributed by atoms with Crippen LogP contribution < -0.4 is 16.6 Å². The fourth-order valence-corrected chi connectivity index (χ4v) is 3.60. The molecular formula is C21H18ClN7OS. The molecule has 1 aromatic heterocycles. The van der Waals surface area contributed by atoms with E-state index in [2.05, 4.69) is 26.0 Å². The molecule has 0 saturated carbocycles. The number of fused-ring (bicyclic) bond motifs is 1. The topological polar surface area (TPSA) is 110 Å². The van der Waals surface area contributed by atoms with Gasteiger partial charge in [0.15, 0.2) is 0 Å². The number of nitrogens with zero attached hydrogens (tertiary/aromatic N) is 4. The largest absolute Gasteiger partial charge is 0.334 e. The number of nitrogen functional groups attached to an aromatic ring is 1. The molecule has 4 rings (SSSR count). The molecule has 0 aliphatic carbocycles. The summed E-state index contributed by atoms with van der Waals surface area (Å²) < 4.78 is 1.25. The fraction of sp³-hybridized carbons (Fsp3) is 0.0476. The van der Waals surface area contributed by atoms with Gasteiger partial charge in [-0.25, -0.2) is 10.1 Å². The van der Waals surface area contributed by atoms with E-state index in [1.54, 1.807) is 18.3 Å². The summed E-state index contributed by atoms with van der Waals surface area (Å²) in [6, 6.07) is 20.8. The smallest absolute Gasteiger partial charge is 0.264 e. The van der Waals surface area contributed by atoms with Gasteiger partial charge in [0.1, 0.15) is 0 Å². The number of anilines is 2. The minimum Gasteiger partial charge on any atom is -0.334 e. The van der Waals surface area contributed by atoms with E-state index >= 15 is 0 Å². The Kier molecular flexibility index (Phi) is 6.34. The lowest BCUT2D eigenvalue weighted by molar-refractivity contribution is -0.113. The predicted molar refractivity (Wildman–Crippen MR) is 126 cm³/mol. The molecule has 0 fully saturated rings. The third-order valence-corrected chi connectivity index (χ3v) is 5.50. The van der Waals surface area contributed by atoms with Gasteiger partial charge in [-0.1, -0.05) is 71.9 Å². The monoisotopic (exact) mass is 451 g/mol. The van der Waals surface area contributed by atoms with Gasteiger partial charge in [0.25, 0.3) is 5.95 Å². The van der Waals surface area contributed by atoms with Gasteiger partial charge in [-0.05, 0) is 29.1 Å². The number of benzene rings is 3. The van der Waals surface area contributed by atoms with Crippen molar-refractivity contribution in [2.45, 2.75) is 5.16 Å². The van der Waals surface area contributed by atoms with Crippen molar-refractivity contribution in [3.63, 3.8) is 0 Å². The molecule has 0 aliphatic rings. The quantitative estimate of drug-likeness (QED) is 0.170. The number of carbonyl (C=O) groups is 1. The van der Waals surface area contributed by atoms with Crippen molar-refractivity contribution < 1.29 is 4.79 Å². The molecule has 0 unspecified atom stereocenters. The molecule has 0 spiro atoms. The van der Waals surface area contributed by atoms with E-state index in [4.69, 9.17) is 17.4 Å². The van der Waals surface area contributed by atoms with Crippen LogP contribution in [0.1, 0.15) is 5.56 Å². The lowest BCUT2D eigenvalue weighted by Crippen LogP contribution is -2.17. The Bertz CT molecular complexity index is 1230. The normalized spacial score (nSPS) is 11.1. The van der Waals surface area contributed by atoms with E-state index in [0.717, 1.165) is 22.0 Å². The average Bonchev–Trinajstić information content (AvgIpc) is 3.13. The van der Waals surface area contributed by atoms with Crippen LogP contribution in [0.25, 0.3) is 10.8 Å². The Morgan fingerprint density at radius 1 is 1.10 bits per heavy atom. The van der Waals surface area contributed by atoms with Crippen LogP contribution in [0.2, 0.25) is 5.02 Å². The first kappa shape index (κ1) is 20.7. The Morgan fingerprint density at radius 3 is 2.71 bits per heavy atom. The van der Waals surface area contributed by atoms with Crippen molar-refractivity contribution in [1.82, 2.24) is 14.9 Å². The van der Waals surface area contributed by atoms with E-state index in [1.807, 2.05) is 54.6 Å². The van der Waals surface area contributed by atoms with E-state index in [9.17, 15) is 4.79 Å². The predicted octanol–water partition coefficient (Wildman–Crippen LogP) is 3.98. The zero-order valence-electron chi connectivity index (χ0n) is 16.2. The number of nitrogens with one attached hydrogen (secondary N) is 2. The SMILES string of the molecule is Nn1c(N/N=C/c2ccc(Cl)cc2)nnc1SCC(=O)Nc1cccc2ccccc12. The molecule has 0 bridgehead atoms. The minimum atomic E-state index is -0.167. The molecule has 4 aromatic rings. The van der Waals surface area contributed by atoms with Crippen LogP contribution in [-0.4, -0.2) is 32.7 Å². The van der Waals surface area contributed by atoms with Gasteiger partial charge in [0.2, 0.25) is 11.1 Å². The second-order valence-electron chi connectivity index (χ2n) is 6.46. The summed E-state index contributed by atoms with van der Waals surface area (Å²) in [5.74, 6) is 6.22. The first-order valence-electron chi connectivity index (χ1n) is 9.26. The van der Waals surface area contributed by atoms with Crippen LogP contribution >= 0.6 is 23.4 Å². The molecule has 0 saturated heterocycles.